The quantitative estimate of drug-likeness (QED) is 0.853. The van der Waals surface area contributed by atoms with Crippen molar-refractivity contribution in [2.24, 2.45) is 0 Å². The number of carboxylic acids is 1. The molecule has 0 aliphatic carbocycles. The number of para-hydroxylation sites is 1. The van der Waals surface area contributed by atoms with Crippen molar-refractivity contribution in [3.63, 3.8) is 0 Å². The predicted molar refractivity (Wildman–Crippen MR) is 82.6 cm³/mol. The fourth-order valence-corrected chi connectivity index (χ4v) is 2.48. The van der Waals surface area contributed by atoms with Crippen molar-refractivity contribution in [3.8, 4) is 5.75 Å². The zero-order valence-corrected chi connectivity index (χ0v) is 11.9. The number of carboxylic acid groups (broad SMARTS) is 1. The van der Waals surface area contributed by atoms with Gasteiger partial charge in [0.2, 0.25) is 0 Å². The smallest absolute Gasteiger partial charge is 0.323 e. The summed E-state index contributed by atoms with van der Waals surface area (Å²) in [4.78, 5) is 13.1. The Bertz CT molecular complexity index is 581. The lowest BCUT2D eigenvalue weighted by Gasteiger charge is -2.32. The summed E-state index contributed by atoms with van der Waals surface area (Å²) in [5.41, 5.74) is 1.86. The van der Waals surface area contributed by atoms with Gasteiger partial charge in [0, 0.05) is 5.69 Å². The Kier molecular flexibility index (Phi) is 4.82. The van der Waals surface area contributed by atoms with Crippen LogP contribution in [0.4, 0.5) is 5.69 Å². The lowest BCUT2D eigenvalue weighted by molar-refractivity contribution is -0.135. The van der Waals surface area contributed by atoms with E-state index in [1.807, 2.05) is 54.3 Å². The van der Waals surface area contributed by atoms with Gasteiger partial charge in [0.05, 0.1) is 6.04 Å². The molecule has 0 heterocycles. The van der Waals surface area contributed by atoms with Crippen LogP contribution in [-0.2, 0) is 4.79 Å². The number of carbonyl (C=O) groups is 1. The number of phenols is 1. The molecule has 0 aliphatic rings. The molecule has 0 bridgehead atoms. The van der Waals surface area contributed by atoms with Crippen LogP contribution in [0.25, 0.3) is 0 Å². The number of anilines is 1. The molecule has 0 saturated heterocycles. The second kappa shape index (κ2) is 6.79. The highest BCUT2D eigenvalue weighted by molar-refractivity contribution is 5.74. The summed E-state index contributed by atoms with van der Waals surface area (Å²) in [6.07, 6.45) is 0.771. The average molecular weight is 285 g/mol. The first kappa shape index (κ1) is 14.9. The van der Waals surface area contributed by atoms with Gasteiger partial charge >= 0.3 is 5.97 Å². The molecule has 0 fully saturated rings. The van der Waals surface area contributed by atoms with Crippen LogP contribution in [0, 0.1) is 0 Å². The van der Waals surface area contributed by atoms with Gasteiger partial charge in [-0.2, -0.15) is 0 Å². The number of hydrogen-bond donors (Lipinski definition) is 2. The summed E-state index contributed by atoms with van der Waals surface area (Å²) in [5.74, 6) is -0.658. The van der Waals surface area contributed by atoms with Gasteiger partial charge in [-0.1, -0.05) is 37.3 Å². The van der Waals surface area contributed by atoms with Crippen molar-refractivity contribution in [2.45, 2.75) is 19.4 Å². The summed E-state index contributed by atoms with van der Waals surface area (Å²) in [5, 5.41) is 18.6. The average Bonchev–Trinajstić information content (AvgIpc) is 2.49. The van der Waals surface area contributed by atoms with E-state index in [4.69, 9.17) is 0 Å². The zero-order valence-electron chi connectivity index (χ0n) is 11.9. The largest absolute Gasteiger partial charge is 0.508 e. The first-order valence-electron chi connectivity index (χ1n) is 6.94. The molecule has 110 valence electrons. The molecule has 0 saturated carbocycles. The topological polar surface area (TPSA) is 60.8 Å². The van der Waals surface area contributed by atoms with Gasteiger partial charge in [-0.3, -0.25) is 4.79 Å². The van der Waals surface area contributed by atoms with Crippen molar-refractivity contribution in [3.05, 3.63) is 60.2 Å². The number of rotatable bonds is 6. The highest BCUT2D eigenvalue weighted by Crippen LogP contribution is 2.30. The van der Waals surface area contributed by atoms with Gasteiger partial charge in [-0.25, -0.2) is 0 Å². The number of phenolic OH excluding ortho intramolecular Hbond substituents is 1. The van der Waals surface area contributed by atoms with Gasteiger partial charge < -0.3 is 15.1 Å². The standard InChI is InChI=1S/C17H19NO3/c1-2-16(13-8-10-15(19)11-9-13)18(12-17(20)21)14-6-4-3-5-7-14/h3-11,16,19H,2,12H2,1H3,(H,20,21). The van der Waals surface area contributed by atoms with Gasteiger partial charge in [-0.05, 0) is 36.2 Å². The SMILES string of the molecule is CCC(c1ccc(O)cc1)N(CC(=O)O)c1ccccc1. The normalized spacial score (nSPS) is 11.9. The first-order valence-corrected chi connectivity index (χ1v) is 6.94. The molecule has 2 aromatic rings. The van der Waals surface area contributed by atoms with Crippen LogP contribution >= 0.6 is 0 Å². The van der Waals surface area contributed by atoms with Crippen LogP contribution in [0.5, 0.6) is 5.75 Å². The fraction of sp³-hybridized carbons (Fsp3) is 0.235. The number of hydrogen-bond acceptors (Lipinski definition) is 3. The van der Waals surface area contributed by atoms with Crippen LogP contribution in [0.1, 0.15) is 24.9 Å². The Morgan fingerprint density at radius 2 is 1.71 bits per heavy atom. The minimum absolute atomic E-state index is 0.0518. The number of aliphatic carboxylic acids is 1. The van der Waals surface area contributed by atoms with Crippen molar-refractivity contribution >= 4 is 11.7 Å². The molecule has 0 radical (unpaired) electrons. The van der Waals surface area contributed by atoms with E-state index >= 15 is 0 Å². The molecule has 0 aliphatic heterocycles. The molecule has 0 amide bonds. The Labute approximate surface area is 124 Å². The Hall–Kier alpha value is -2.49. The molecule has 1 atom stereocenters. The van der Waals surface area contributed by atoms with E-state index in [2.05, 4.69) is 0 Å². The molecular formula is C17H19NO3. The molecule has 1 unspecified atom stereocenters. The highest BCUT2D eigenvalue weighted by atomic mass is 16.4. The highest BCUT2D eigenvalue weighted by Gasteiger charge is 2.21. The molecule has 2 aromatic carbocycles. The van der Waals surface area contributed by atoms with E-state index in [0.29, 0.717) is 0 Å². The third-order valence-corrected chi connectivity index (χ3v) is 3.43. The van der Waals surface area contributed by atoms with Crippen LogP contribution in [0.15, 0.2) is 54.6 Å². The Balaban J connectivity index is 2.37. The van der Waals surface area contributed by atoms with Gasteiger partial charge in [-0.15, -0.1) is 0 Å². The maximum atomic E-state index is 11.2. The lowest BCUT2D eigenvalue weighted by atomic mass is 10.0. The third kappa shape index (κ3) is 3.75. The summed E-state index contributed by atoms with van der Waals surface area (Å²) in [7, 11) is 0. The minimum Gasteiger partial charge on any atom is -0.508 e. The summed E-state index contributed by atoms with van der Waals surface area (Å²) in [6, 6.07) is 16.4. The van der Waals surface area contributed by atoms with E-state index in [-0.39, 0.29) is 18.3 Å². The molecule has 2 N–H and O–H groups in total. The monoisotopic (exact) mass is 285 g/mol. The number of benzene rings is 2. The summed E-state index contributed by atoms with van der Waals surface area (Å²) >= 11 is 0. The summed E-state index contributed by atoms with van der Waals surface area (Å²) in [6.45, 7) is 1.96. The minimum atomic E-state index is -0.865. The van der Waals surface area contributed by atoms with Crippen LogP contribution in [0.3, 0.4) is 0 Å². The number of nitrogens with zero attached hydrogens (tertiary/aromatic N) is 1. The molecule has 4 nitrogen and oxygen atoms in total. The van der Waals surface area contributed by atoms with E-state index in [1.54, 1.807) is 12.1 Å². The molecular weight excluding hydrogens is 266 g/mol. The van der Waals surface area contributed by atoms with Crippen LogP contribution in [0.2, 0.25) is 0 Å². The van der Waals surface area contributed by atoms with E-state index < -0.39 is 5.97 Å². The molecule has 0 aromatic heterocycles. The van der Waals surface area contributed by atoms with Crippen molar-refractivity contribution in [1.82, 2.24) is 0 Å². The van der Waals surface area contributed by atoms with Crippen LogP contribution in [-0.4, -0.2) is 22.7 Å². The van der Waals surface area contributed by atoms with Gasteiger partial charge in [0.15, 0.2) is 0 Å². The van der Waals surface area contributed by atoms with Crippen LogP contribution < -0.4 is 4.90 Å². The van der Waals surface area contributed by atoms with Crippen molar-refractivity contribution in [1.29, 1.82) is 0 Å². The van der Waals surface area contributed by atoms with Gasteiger partial charge in [0.1, 0.15) is 12.3 Å². The fourth-order valence-electron chi connectivity index (χ4n) is 2.48. The summed E-state index contributed by atoms with van der Waals surface area (Å²) < 4.78 is 0. The molecule has 21 heavy (non-hydrogen) atoms. The van der Waals surface area contributed by atoms with E-state index in [0.717, 1.165) is 17.7 Å². The molecule has 4 heteroatoms. The Morgan fingerprint density at radius 1 is 1.10 bits per heavy atom. The second-order valence-corrected chi connectivity index (χ2v) is 4.87. The molecule has 0 spiro atoms. The third-order valence-electron chi connectivity index (χ3n) is 3.43. The molecule has 2 rings (SSSR count). The maximum absolute atomic E-state index is 11.2. The lowest BCUT2D eigenvalue weighted by Crippen LogP contribution is -2.33. The van der Waals surface area contributed by atoms with Gasteiger partial charge in [0.25, 0.3) is 0 Å². The first-order chi connectivity index (χ1) is 10.1. The maximum Gasteiger partial charge on any atom is 0.323 e. The van der Waals surface area contributed by atoms with E-state index in [1.165, 1.54) is 0 Å². The zero-order chi connectivity index (χ0) is 15.2. The van der Waals surface area contributed by atoms with Crippen molar-refractivity contribution in [2.75, 3.05) is 11.4 Å². The Morgan fingerprint density at radius 3 is 2.24 bits per heavy atom. The second-order valence-electron chi connectivity index (χ2n) is 4.87. The predicted octanol–water partition coefficient (Wildman–Crippen LogP) is 3.43. The van der Waals surface area contributed by atoms with E-state index in [9.17, 15) is 15.0 Å². The van der Waals surface area contributed by atoms with Crippen molar-refractivity contribution < 1.29 is 15.0 Å². The number of aromatic hydroxyl groups is 1.